The molecule has 1 rings (SSSR count). The Morgan fingerprint density at radius 2 is 1.83 bits per heavy atom. The molecule has 98 valence electrons. The summed E-state index contributed by atoms with van der Waals surface area (Å²) in [6.07, 6.45) is 1.74. The van der Waals surface area contributed by atoms with Crippen molar-refractivity contribution in [3.63, 3.8) is 0 Å². The van der Waals surface area contributed by atoms with Crippen LogP contribution >= 0.6 is 15.9 Å². The summed E-state index contributed by atoms with van der Waals surface area (Å²) in [6, 6.07) is 7.68. The van der Waals surface area contributed by atoms with E-state index in [1.54, 1.807) is 6.92 Å². The Bertz CT molecular complexity index is 398. The average molecular weight is 313 g/mol. The van der Waals surface area contributed by atoms with Gasteiger partial charge in [0.2, 0.25) is 0 Å². The van der Waals surface area contributed by atoms with E-state index in [2.05, 4.69) is 15.9 Å². The van der Waals surface area contributed by atoms with Gasteiger partial charge in [-0.25, -0.2) is 0 Å². The Balaban J connectivity index is 2.25. The molecule has 0 saturated heterocycles. The van der Waals surface area contributed by atoms with Crippen LogP contribution in [0.4, 0.5) is 0 Å². The second-order valence-electron chi connectivity index (χ2n) is 4.00. The van der Waals surface area contributed by atoms with Crippen LogP contribution in [0.15, 0.2) is 28.7 Å². The first kappa shape index (κ1) is 14.9. The molecule has 0 spiro atoms. The van der Waals surface area contributed by atoms with Gasteiger partial charge in [0.1, 0.15) is 5.78 Å². The van der Waals surface area contributed by atoms with E-state index < -0.39 is 0 Å². The summed E-state index contributed by atoms with van der Waals surface area (Å²) in [6.45, 7) is 2.17. The van der Waals surface area contributed by atoms with Gasteiger partial charge in [-0.15, -0.1) is 0 Å². The molecule has 3 nitrogen and oxygen atoms in total. The van der Waals surface area contributed by atoms with Gasteiger partial charge < -0.3 is 4.74 Å². The molecule has 0 saturated carbocycles. The molecule has 0 N–H and O–H groups in total. The number of benzene rings is 1. The van der Waals surface area contributed by atoms with Gasteiger partial charge in [0.15, 0.2) is 0 Å². The van der Waals surface area contributed by atoms with E-state index in [0.29, 0.717) is 32.3 Å². The smallest absolute Gasteiger partial charge is 0.305 e. The van der Waals surface area contributed by atoms with Gasteiger partial charge in [0, 0.05) is 23.7 Å². The summed E-state index contributed by atoms with van der Waals surface area (Å²) >= 11 is 3.35. The molecule has 0 amide bonds. The van der Waals surface area contributed by atoms with Crippen LogP contribution in [0.5, 0.6) is 0 Å². The lowest BCUT2D eigenvalue weighted by Crippen LogP contribution is -2.07. The Morgan fingerprint density at radius 1 is 1.17 bits per heavy atom. The molecule has 0 aromatic heterocycles. The summed E-state index contributed by atoms with van der Waals surface area (Å²) in [7, 11) is 0. The van der Waals surface area contributed by atoms with Crippen LogP contribution in [-0.2, 0) is 20.7 Å². The van der Waals surface area contributed by atoms with Gasteiger partial charge in [0.05, 0.1) is 6.61 Å². The second-order valence-corrected chi connectivity index (χ2v) is 4.92. The van der Waals surface area contributed by atoms with E-state index >= 15 is 0 Å². The largest absolute Gasteiger partial charge is 0.466 e. The van der Waals surface area contributed by atoms with E-state index in [-0.39, 0.29) is 11.8 Å². The number of rotatable bonds is 7. The zero-order valence-corrected chi connectivity index (χ0v) is 12.0. The highest BCUT2D eigenvalue weighted by Gasteiger charge is 2.06. The van der Waals surface area contributed by atoms with Crippen LogP contribution in [-0.4, -0.2) is 18.4 Å². The zero-order valence-electron chi connectivity index (χ0n) is 10.4. The molecule has 1 aromatic rings. The summed E-state index contributed by atoms with van der Waals surface area (Å²) in [5.41, 5.74) is 0.999. The molecule has 0 atom stereocenters. The van der Waals surface area contributed by atoms with Crippen molar-refractivity contribution >= 4 is 27.7 Å². The minimum atomic E-state index is -0.228. The number of carbonyl (C=O) groups is 2. The molecule has 0 heterocycles. The van der Waals surface area contributed by atoms with Crippen LogP contribution in [0, 0.1) is 0 Å². The van der Waals surface area contributed by atoms with Crippen molar-refractivity contribution in [2.45, 2.75) is 32.6 Å². The third kappa shape index (κ3) is 5.96. The maximum Gasteiger partial charge on any atom is 0.305 e. The first-order valence-corrected chi connectivity index (χ1v) is 6.83. The standard InChI is InChI=1S/C14H17BrO3/c1-2-18-14(17)5-3-4-13(16)10-11-6-8-12(15)9-7-11/h6-9H,2-5,10H2,1H3. The molecule has 1 aromatic carbocycles. The van der Waals surface area contributed by atoms with Crippen molar-refractivity contribution in [1.29, 1.82) is 0 Å². The quantitative estimate of drug-likeness (QED) is 0.726. The molecular weight excluding hydrogens is 296 g/mol. The number of ether oxygens (including phenoxy) is 1. The second kappa shape index (κ2) is 8.03. The zero-order chi connectivity index (χ0) is 13.4. The van der Waals surface area contributed by atoms with Crippen molar-refractivity contribution < 1.29 is 14.3 Å². The topological polar surface area (TPSA) is 43.4 Å². The number of hydrogen-bond donors (Lipinski definition) is 0. The Morgan fingerprint density at radius 3 is 2.44 bits per heavy atom. The fourth-order valence-electron chi connectivity index (χ4n) is 1.58. The first-order valence-electron chi connectivity index (χ1n) is 6.03. The Hall–Kier alpha value is -1.16. The van der Waals surface area contributed by atoms with E-state index in [1.807, 2.05) is 24.3 Å². The van der Waals surface area contributed by atoms with Crippen molar-refractivity contribution in [1.82, 2.24) is 0 Å². The highest BCUT2D eigenvalue weighted by molar-refractivity contribution is 9.10. The SMILES string of the molecule is CCOC(=O)CCCC(=O)Cc1ccc(Br)cc1. The Labute approximate surface area is 116 Å². The molecule has 4 heteroatoms. The lowest BCUT2D eigenvalue weighted by molar-refractivity contribution is -0.143. The molecule has 0 aliphatic heterocycles. The maximum atomic E-state index is 11.7. The Kier molecular flexibility index (Phi) is 6.65. The molecular formula is C14H17BrO3. The predicted octanol–water partition coefficient (Wildman–Crippen LogP) is 3.29. The third-order valence-corrected chi connectivity index (χ3v) is 2.99. The van der Waals surface area contributed by atoms with Crippen molar-refractivity contribution in [3.05, 3.63) is 34.3 Å². The van der Waals surface area contributed by atoms with Gasteiger partial charge in [-0.3, -0.25) is 9.59 Å². The number of ketones is 1. The molecule has 0 unspecified atom stereocenters. The molecule has 0 radical (unpaired) electrons. The molecule has 0 aliphatic rings. The fraction of sp³-hybridized carbons (Fsp3) is 0.429. The lowest BCUT2D eigenvalue weighted by Gasteiger charge is -2.02. The summed E-state index contributed by atoms with van der Waals surface area (Å²) < 4.78 is 5.80. The minimum absolute atomic E-state index is 0.154. The third-order valence-electron chi connectivity index (χ3n) is 2.46. The number of hydrogen-bond acceptors (Lipinski definition) is 3. The highest BCUT2D eigenvalue weighted by Crippen LogP contribution is 2.12. The van der Waals surface area contributed by atoms with Gasteiger partial charge in [-0.2, -0.15) is 0 Å². The number of carbonyl (C=O) groups excluding carboxylic acids is 2. The van der Waals surface area contributed by atoms with Crippen LogP contribution in [0.2, 0.25) is 0 Å². The number of Topliss-reactive ketones (excluding diaryl/α,β-unsaturated/α-hetero) is 1. The number of halogens is 1. The normalized spacial score (nSPS) is 10.1. The van der Waals surface area contributed by atoms with Crippen LogP contribution in [0.3, 0.4) is 0 Å². The van der Waals surface area contributed by atoms with E-state index in [4.69, 9.17) is 4.74 Å². The molecule has 0 aliphatic carbocycles. The van der Waals surface area contributed by atoms with Crippen molar-refractivity contribution in [2.75, 3.05) is 6.61 Å². The van der Waals surface area contributed by atoms with Gasteiger partial charge in [-0.1, -0.05) is 28.1 Å². The molecule has 18 heavy (non-hydrogen) atoms. The van der Waals surface area contributed by atoms with Gasteiger partial charge >= 0.3 is 5.97 Å². The first-order chi connectivity index (χ1) is 8.61. The summed E-state index contributed by atoms with van der Waals surface area (Å²) in [5, 5.41) is 0. The van der Waals surface area contributed by atoms with Gasteiger partial charge in [-0.05, 0) is 31.0 Å². The van der Waals surface area contributed by atoms with Crippen molar-refractivity contribution in [3.8, 4) is 0 Å². The van der Waals surface area contributed by atoms with Crippen molar-refractivity contribution in [2.24, 2.45) is 0 Å². The monoisotopic (exact) mass is 312 g/mol. The maximum absolute atomic E-state index is 11.7. The van der Waals surface area contributed by atoms with Crippen LogP contribution in [0.1, 0.15) is 31.7 Å². The summed E-state index contributed by atoms with van der Waals surface area (Å²) in [5.74, 6) is -0.0736. The average Bonchev–Trinajstić information content (AvgIpc) is 2.32. The van der Waals surface area contributed by atoms with E-state index in [1.165, 1.54) is 0 Å². The summed E-state index contributed by atoms with van der Waals surface area (Å²) in [4.78, 5) is 22.8. The van der Waals surface area contributed by atoms with E-state index in [0.717, 1.165) is 10.0 Å². The molecule has 0 bridgehead atoms. The van der Waals surface area contributed by atoms with Crippen LogP contribution in [0.25, 0.3) is 0 Å². The minimum Gasteiger partial charge on any atom is -0.466 e. The highest BCUT2D eigenvalue weighted by atomic mass is 79.9. The molecule has 0 fully saturated rings. The number of esters is 1. The van der Waals surface area contributed by atoms with Gasteiger partial charge in [0.25, 0.3) is 0 Å². The lowest BCUT2D eigenvalue weighted by atomic mass is 10.1. The predicted molar refractivity (Wildman–Crippen MR) is 73.3 cm³/mol. The fourth-order valence-corrected chi connectivity index (χ4v) is 1.85. The van der Waals surface area contributed by atoms with Crippen LogP contribution < -0.4 is 0 Å². The van der Waals surface area contributed by atoms with E-state index in [9.17, 15) is 9.59 Å².